The summed E-state index contributed by atoms with van der Waals surface area (Å²) in [6, 6.07) is 13.0. The van der Waals surface area contributed by atoms with E-state index in [2.05, 4.69) is 9.72 Å². The minimum absolute atomic E-state index is 0.254. The lowest BCUT2D eigenvalue weighted by Crippen LogP contribution is -2.04. The van der Waals surface area contributed by atoms with Crippen LogP contribution in [0, 0.1) is 0 Å². The predicted octanol–water partition coefficient (Wildman–Crippen LogP) is 2.55. The van der Waals surface area contributed by atoms with Gasteiger partial charge in [0.2, 0.25) is 0 Å². The van der Waals surface area contributed by atoms with Crippen LogP contribution in [0.15, 0.2) is 48.8 Å². The topological polar surface area (TPSA) is 61.2 Å². The van der Waals surface area contributed by atoms with Gasteiger partial charge in [0.1, 0.15) is 12.6 Å². The van der Waals surface area contributed by atoms with E-state index in [0.29, 0.717) is 5.56 Å². The van der Waals surface area contributed by atoms with E-state index in [0.717, 1.165) is 28.6 Å². The highest BCUT2D eigenvalue weighted by molar-refractivity contribution is 5.85. The molecule has 0 unspecified atom stereocenters. The van der Waals surface area contributed by atoms with E-state index in [-0.39, 0.29) is 12.4 Å². The Morgan fingerprint density at radius 2 is 2.00 bits per heavy atom. The smallest absolute Gasteiger partial charge is 0.309 e. The summed E-state index contributed by atoms with van der Waals surface area (Å²) in [5.41, 5.74) is 4.12. The van der Waals surface area contributed by atoms with Crippen LogP contribution < -0.4 is 0 Å². The van der Waals surface area contributed by atoms with Crippen LogP contribution in [0.1, 0.15) is 15.9 Å². The van der Waals surface area contributed by atoms with Gasteiger partial charge in [0, 0.05) is 11.3 Å². The SMILES string of the molecule is COC(=O)Cc1ccc(-n2cnc3cc(C=O)ccc32)cc1. The highest BCUT2D eigenvalue weighted by Gasteiger charge is 2.07. The second kappa shape index (κ2) is 5.81. The van der Waals surface area contributed by atoms with E-state index >= 15 is 0 Å². The number of benzene rings is 2. The van der Waals surface area contributed by atoms with Crippen LogP contribution >= 0.6 is 0 Å². The molecule has 0 saturated carbocycles. The Kier molecular flexibility index (Phi) is 3.70. The van der Waals surface area contributed by atoms with Crippen molar-refractivity contribution in [1.29, 1.82) is 0 Å². The fourth-order valence-corrected chi connectivity index (χ4v) is 2.32. The molecule has 0 radical (unpaired) electrons. The van der Waals surface area contributed by atoms with Crippen LogP contribution in [0.5, 0.6) is 0 Å². The summed E-state index contributed by atoms with van der Waals surface area (Å²) >= 11 is 0. The molecule has 0 N–H and O–H groups in total. The summed E-state index contributed by atoms with van der Waals surface area (Å²) in [5, 5.41) is 0. The molecule has 3 aromatic rings. The van der Waals surface area contributed by atoms with Crippen LogP contribution in [-0.2, 0) is 16.0 Å². The number of hydrogen-bond donors (Lipinski definition) is 0. The van der Waals surface area contributed by atoms with Crippen molar-refractivity contribution in [2.45, 2.75) is 6.42 Å². The molecule has 0 aliphatic rings. The highest BCUT2D eigenvalue weighted by Crippen LogP contribution is 2.19. The maximum atomic E-state index is 11.3. The van der Waals surface area contributed by atoms with Crippen LogP contribution in [0.25, 0.3) is 16.7 Å². The Labute approximate surface area is 127 Å². The molecule has 0 aliphatic carbocycles. The van der Waals surface area contributed by atoms with Gasteiger partial charge in [-0.2, -0.15) is 0 Å². The molecule has 110 valence electrons. The van der Waals surface area contributed by atoms with Crippen molar-refractivity contribution < 1.29 is 14.3 Å². The number of aromatic nitrogens is 2. The Morgan fingerprint density at radius 1 is 1.23 bits per heavy atom. The van der Waals surface area contributed by atoms with Gasteiger partial charge in [-0.25, -0.2) is 4.98 Å². The molecular formula is C17H14N2O3. The van der Waals surface area contributed by atoms with Gasteiger partial charge in [0.05, 0.1) is 24.6 Å². The number of methoxy groups -OCH3 is 1. The lowest BCUT2D eigenvalue weighted by atomic mass is 10.1. The summed E-state index contributed by atoms with van der Waals surface area (Å²) in [7, 11) is 1.38. The zero-order chi connectivity index (χ0) is 15.5. The predicted molar refractivity (Wildman–Crippen MR) is 82.2 cm³/mol. The quantitative estimate of drug-likeness (QED) is 0.548. The lowest BCUT2D eigenvalue weighted by molar-refractivity contribution is -0.139. The second-order valence-electron chi connectivity index (χ2n) is 4.90. The minimum atomic E-state index is -0.262. The molecule has 1 heterocycles. The third kappa shape index (κ3) is 2.61. The number of fused-ring (bicyclic) bond motifs is 1. The standard InChI is InChI=1S/C17H14N2O3/c1-22-17(21)9-12-2-5-14(6-3-12)19-11-18-15-8-13(10-20)4-7-16(15)19/h2-8,10-11H,9H2,1H3. The van der Waals surface area contributed by atoms with Gasteiger partial charge in [0.15, 0.2) is 0 Å². The highest BCUT2D eigenvalue weighted by atomic mass is 16.5. The second-order valence-corrected chi connectivity index (χ2v) is 4.90. The lowest BCUT2D eigenvalue weighted by Gasteiger charge is -2.06. The van der Waals surface area contributed by atoms with Crippen LogP contribution in [0.3, 0.4) is 0 Å². The van der Waals surface area contributed by atoms with Gasteiger partial charge in [-0.05, 0) is 35.9 Å². The van der Waals surface area contributed by atoms with Crippen LogP contribution in [0.4, 0.5) is 0 Å². The van der Waals surface area contributed by atoms with Gasteiger partial charge < -0.3 is 4.74 Å². The molecule has 5 heteroatoms. The first kappa shape index (κ1) is 14.0. The number of carbonyl (C=O) groups excluding carboxylic acids is 2. The molecule has 0 bridgehead atoms. The number of imidazole rings is 1. The van der Waals surface area contributed by atoms with Gasteiger partial charge in [0.25, 0.3) is 0 Å². The van der Waals surface area contributed by atoms with E-state index < -0.39 is 0 Å². The Balaban J connectivity index is 1.94. The van der Waals surface area contributed by atoms with Crippen LogP contribution in [-0.4, -0.2) is 28.9 Å². The first-order valence-electron chi connectivity index (χ1n) is 6.79. The van der Waals surface area contributed by atoms with Gasteiger partial charge in [-0.15, -0.1) is 0 Å². The molecule has 0 fully saturated rings. The molecular weight excluding hydrogens is 280 g/mol. The zero-order valence-corrected chi connectivity index (χ0v) is 12.0. The molecule has 0 saturated heterocycles. The van der Waals surface area contributed by atoms with Gasteiger partial charge in [-0.3, -0.25) is 14.2 Å². The Bertz CT molecular complexity index is 835. The number of esters is 1. The average molecular weight is 294 g/mol. The maximum Gasteiger partial charge on any atom is 0.309 e. The molecule has 5 nitrogen and oxygen atoms in total. The first-order valence-corrected chi connectivity index (χ1v) is 6.79. The van der Waals surface area contributed by atoms with Crippen molar-refractivity contribution in [3.63, 3.8) is 0 Å². The van der Waals surface area contributed by atoms with Gasteiger partial charge in [-0.1, -0.05) is 12.1 Å². The fraction of sp³-hybridized carbons (Fsp3) is 0.118. The summed E-state index contributed by atoms with van der Waals surface area (Å²) in [6.45, 7) is 0. The number of rotatable bonds is 4. The van der Waals surface area contributed by atoms with E-state index in [9.17, 15) is 9.59 Å². The van der Waals surface area contributed by atoms with Gasteiger partial charge >= 0.3 is 5.97 Å². The molecule has 1 aromatic heterocycles. The molecule has 0 aliphatic heterocycles. The van der Waals surface area contributed by atoms with Crippen molar-refractivity contribution >= 4 is 23.3 Å². The number of carbonyl (C=O) groups is 2. The van der Waals surface area contributed by atoms with Crippen molar-refractivity contribution in [2.24, 2.45) is 0 Å². The number of aldehydes is 1. The molecule has 3 rings (SSSR count). The Morgan fingerprint density at radius 3 is 2.68 bits per heavy atom. The third-order valence-corrected chi connectivity index (χ3v) is 3.50. The maximum absolute atomic E-state index is 11.3. The molecule has 0 spiro atoms. The molecule has 22 heavy (non-hydrogen) atoms. The van der Waals surface area contributed by atoms with Crippen molar-refractivity contribution in [2.75, 3.05) is 7.11 Å². The third-order valence-electron chi connectivity index (χ3n) is 3.50. The summed E-state index contributed by atoms with van der Waals surface area (Å²) in [6.07, 6.45) is 2.78. The summed E-state index contributed by atoms with van der Waals surface area (Å²) in [4.78, 5) is 26.4. The van der Waals surface area contributed by atoms with E-state index in [4.69, 9.17) is 0 Å². The van der Waals surface area contributed by atoms with Crippen molar-refractivity contribution in [3.05, 3.63) is 59.9 Å². The van der Waals surface area contributed by atoms with E-state index in [1.807, 2.05) is 34.9 Å². The average Bonchev–Trinajstić information content (AvgIpc) is 2.98. The summed E-state index contributed by atoms with van der Waals surface area (Å²) in [5.74, 6) is -0.262. The van der Waals surface area contributed by atoms with E-state index in [1.54, 1.807) is 18.5 Å². The van der Waals surface area contributed by atoms with Crippen molar-refractivity contribution in [1.82, 2.24) is 9.55 Å². The molecule has 0 atom stereocenters. The number of hydrogen-bond acceptors (Lipinski definition) is 4. The fourth-order valence-electron chi connectivity index (χ4n) is 2.32. The van der Waals surface area contributed by atoms with Crippen LogP contribution in [0.2, 0.25) is 0 Å². The normalized spacial score (nSPS) is 10.6. The molecule has 2 aromatic carbocycles. The van der Waals surface area contributed by atoms with E-state index in [1.165, 1.54) is 7.11 Å². The van der Waals surface area contributed by atoms with Crippen molar-refractivity contribution in [3.8, 4) is 5.69 Å². The number of nitrogens with zero attached hydrogens (tertiary/aromatic N) is 2. The monoisotopic (exact) mass is 294 g/mol. The minimum Gasteiger partial charge on any atom is -0.469 e. The first-order chi connectivity index (χ1) is 10.7. The number of ether oxygens (including phenoxy) is 1. The Hall–Kier alpha value is -2.95. The summed E-state index contributed by atoms with van der Waals surface area (Å²) < 4.78 is 6.59. The largest absolute Gasteiger partial charge is 0.469 e. The molecule has 0 amide bonds. The zero-order valence-electron chi connectivity index (χ0n) is 12.0.